The summed E-state index contributed by atoms with van der Waals surface area (Å²) >= 11 is 0. The molecule has 1 heterocycles. The zero-order valence-electron chi connectivity index (χ0n) is 10.3. The summed E-state index contributed by atoms with van der Waals surface area (Å²) in [6.45, 7) is 6.90. The van der Waals surface area contributed by atoms with Gasteiger partial charge < -0.3 is 5.11 Å². The Kier molecular flexibility index (Phi) is 4.19. The first-order chi connectivity index (χ1) is 8.42. The molecular weight excluding hydrogens is 238 g/mol. The quantitative estimate of drug-likeness (QED) is 0.471. The number of aliphatic carboxylic acids is 1. The average molecular weight is 253 g/mol. The van der Waals surface area contributed by atoms with Gasteiger partial charge in [-0.15, -0.1) is 0 Å². The van der Waals surface area contributed by atoms with Crippen molar-refractivity contribution in [3.05, 3.63) is 33.7 Å². The van der Waals surface area contributed by atoms with Gasteiger partial charge in [0, 0.05) is 0 Å². The normalized spacial score (nSPS) is 10.3. The molecule has 0 unspecified atom stereocenters. The fourth-order valence-electron chi connectivity index (χ4n) is 1.72. The molecule has 0 bridgehead atoms. The van der Waals surface area contributed by atoms with Crippen LogP contribution in [0.15, 0.2) is 12.2 Å². The van der Waals surface area contributed by atoms with Crippen molar-refractivity contribution in [1.29, 1.82) is 0 Å². The molecular formula is C11H15N3O4. The van der Waals surface area contributed by atoms with Crippen LogP contribution in [0.5, 0.6) is 0 Å². The summed E-state index contributed by atoms with van der Waals surface area (Å²) in [4.78, 5) is 21.3. The van der Waals surface area contributed by atoms with Gasteiger partial charge in [0.2, 0.25) is 0 Å². The highest BCUT2D eigenvalue weighted by molar-refractivity contribution is 5.85. The largest absolute Gasteiger partial charge is 0.478 e. The van der Waals surface area contributed by atoms with Crippen LogP contribution in [0.2, 0.25) is 0 Å². The Bertz CT molecular complexity index is 505. The molecule has 0 amide bonds. The van der Waals surface area contributed by atoms with Gasteiger partial charge >= 0.3 is 11.7 Å². The van der Waals surface area contributed by atoms with Crippen LogP contribution in [-0.4, -0.2) is 25.8 Å². The van der Waals surface area contributed by atoms with Gasteiger partial charge in [-0.3, -0.25) is 14.8 Å². The van der Waals surface area contributed by atoms with Crippen LogP contribution >= 0.6 is 0 Å². The van der Waals surface area contributed by atoms with Gasteiger partial charge in [-0.25, -0.2) is 4.79 Å². The number of hydrogen-bond donors (Lipinski definition) is 1. The van der Waals surface area contributed by atoms with Gasteiger partial charge in [0.1, 0.15) is 11.4 Å². The first-order valence-electron chi connectivity index (χ1n) is 5.56. The monoisotopic (exact) mass is 253 g/mol. The lowest BCUT2D eigenvalue weighted by Gasteiger charge is -2.04. The number of rotatable bonds is 6. The van der Waals surface area contributed by atoms with Crippen LogP contribution in [-0.2, 0) is 24.2 Å². The Balaban J connectivity index is 3.24. The highest BCUT2D eigenvalue weighted by Gasteiger charge is 2.25. The predicted octanol–water partition coefficient (Wildman–Crippen LogP) is 1.56. The molecule has 0 radical (unpaired) electrons. The lowest BCUT2D eigenvalue weighted by Crippen LogP contribution is -2.12. The molecule has 7 heteroatoms. The SMILES string of the molecule is C=C(Cn1nc(CC)c([N+](=O)[O-])c1CC)C(=O)O. The van der Waals surface area contributed by atoms with Crippen molar-refractivity contribution in [3.8, 4) is 0 Å². The van der Waals surface area contributed by atoms with Gasteiger partial charge in [-0.1, -0.05) is 20.4 Å². The molecule has 0 aliphatic rings. The Labute approximate surface area is 104 Å². The van der Waals surface area contributed by atoms with Crippen molar-refractivity contribution in [1.82, 2.24) is 9.78 Å². The number of nitro groups is 1. The van der Waals surface area contributed by atoms with E-state index < -0.39 is 10.9 Å². The Morgan fingerprint density at radius 1 is 1.50 bits per heavy atom. The summed E-state index contributed by atoms with van der Waals surface area (Å²) in [6, 6.07) is 0. The van der Waals surface area contributed by atoms with Crippen molar-refractivity contribution in [2.75, 3.05) is 0 Å². The molecule has 0 saturated carbocycles. The number of carboxylic acid groups (broad SMARTS) is 1. The maximum atomic E-state index is 11.0. The smallest absolute Gasteiger partial charge is 0.332 e. The minimum absolute atomic E-state index is 0.0156. The number of carbonyl (C=O) groups is 1. The number of aryl methyl sites for hydroxylation is 1. The molecule has 0 saturated heterocycles. The fraction of sp³-hybridized carbons (Fsp3) is 0.455. The second kappa shape index (κ2) is 5.44. The van der Waals surface area contributed by atoms with Crippen molar-refractivity contribution in [2.24, 2.45) is 0 Å². The summed E-state index contributed by atoms with van der Waals surface area (Å²) in [5, 5.41) is 23.9. The third-order valence-electron chi connectivity index (χ3n) is 2.60. The third-order valence-corrected chi connectivity index (χ3v) is 2.60. The molecule has 7 nitrogen and oxygen atoms in total. The van der Waals surface area contributed by atoms with Crippen molar-refractivity contribution >= 4 is 11.7 Å². The molecule has 0 aliphatic heterocycles. The van der Waals surface area contributed by atoms with Crippen molar-refractivity contribution < 1.29 is 14.8 Å². The molecule has 18 heavy (non-hydrogen) atoms. The Morgan fingerprint density at radius 3 is 2.50 bits per heavy atom. The summed E-state index contributed by atoms with van der Waals surface area (Å²) in [6.07, 6.45) is 0.839. The molecule has 0 atom stereocenters. The van der Waals surface area contributed by atoms with Gasteiger partial charge in [0.05, 0.1) is 17.0 Å². The number of aromatic nitrogens is 2. The van der Waals surface area contributed by atoms with Gasteiger partial charge in [-0.2, -0.15) is 5.10 Å². The van der Waals surface area contributed by atoms with E-state index in [1.165, 1.54) is 4.68 Å². The van der Waals surface area contributed by atoms with Crippen LogP contribution in [0.25, 0.3) is 0 Å². The number of carboxylic acids is 1. The van der Waals surface area contributed by atoms with Crippen LogP contribution in [0.4, 0.5) is 5.69 Å². The van der Waals surface area contributed by atoms with Crippen molar-refractivity contribution in [3.63, 3.8) is 0 Å². The maximum absolute atomic E-state index is 11.0. The van der Waals surface area contributed by atoms with E-state index >= 15 is 0 Å². The van der Waals surface area contributed by atoms with E-state index in [4.69, 9.17) is 5.11 Å². The minimum Gasteiger partial charge on any atom is -0.478 e. The van der Waals surface area contributed by atoms with Crippen LogP contribution in [0.1, 0.15) is 25.2 Å². The van der Waals surface area contributed by atoms with E-state index in [0.717, 1.165) is 0 Å². The minimum atomic E-state index is -1.13. The van der Waals surface area contributed by atoms with Crippen LogP contribution in [0.3, 0.4) is 0 Å². The van der Waals surface area contributed by atoms with E-state index in [1.807, 2.05) is 0 Å². The van der Waals surface area contributed by atoms with Gasteiger partial charge in [0.15, 0.2) is 0 Å². The van der Waals surface area contributed by atoms with E-state index in [2.05, 4.69) is 11.7 Å². The highest BCUT2D eigenvalue weighted by atomic mass is 16.6. The molecule has 0 fully saturated rings. The topological polar surface area (TPSA) is 98.3 Å². The lowest BCUT2D eigenvalue weighted by molar-refractivity contribution is -0.386. The van der Waals surface area contributed by atoms with Gasteiger partial charge in [-0.05, 0) is 12.8 Å². The highest BCUT2D eigenvalue weighted by Crippen LogP contribution is 2.25. The molecule has 98 valence electrons. The maximum Gasteiger partial charge on any atom is 0.332 e. The first kappa shape index (κ1) is 13.9. The fourth-order valence-corrected chi connectivity index (χ4v) is 1.72. The Hall–Kier alpha value is -2.18. The molecule has 0 spiro atoms. The summed E-state index contributed by atoms with van der Waals surface area (Å²) in [7, 11) is 0. The van der Waals surface area contributed by atoms with Crippen molar-refractivity contribution in [2.45, 2.75) is 33.2 Å². The molecule has 0 aromatic carbocycles. The summed E-state index contributed by atoms with van der Waals surface area (Å²) in [5.41, 5.74) is 0.734. The zero-order valence-corrected chi connectivity index (χ0v) is 10.3. The molecule has 1 N–H and O–H groups in total. The average Bonchev–Trinajstić information content (AvgIpc) is 2.66. The number of hydrogen-bond acceptors (Lipinski definition) is 4. The third kappa shape index (κ3) is 2.55. The van der Waals surface area contributed by atoms with E-state index in [1.54, 1.807) is 13.8 Å². The molecule has 1 aromatic rings. The van der Waals surface area contributed by atoms with E-state index in [9.17, 15) is 14.9 Å². The van der Waals surface area contributed by atoms with Crippen LogP contribution < -0.4 is 0 Å². The predicted molar refractivity (Wildman–Crippen MR) is 64.4 cm³/mol. The summed E-state index contributed by atoms with van der Waals surface area (Å²) in [5.74, 6) is -1.13. The standard InChI is InChI=1S/C11H15N3O4/c1-4-8-10(14(17)18)9(5-2)13(12-8)6-7(3)11(15)16/h3-6H2,1-2H3,(H,15,16). The Morgan fingerprint density at radius 2 is 2.11 bits per heavy atom. The second-order valence-corrected chi connectivity index (χ2v) is 3.77. The summed E-state index contributed by atoms with van der Waals surface area (Å²) < 4.78 is 1.35. The zero-order chi connectivity index (χ0) is 13.9. The molecule has 1 rings (SSSR count). The van der Waals surface area contributed by atoms with E-state index in [-0.39, 0.29) is 17.8 Å². The molecule has 1 aromatic heterocycles. The van der Waals surface area contributed by atoms with E-state index in [0.29, 0.717) is 24.2 Å². The van der Waals surface area contributed by atoms with Gasteiger partial charge in [0.25, 0.3) is 0 Å². The molecule has 0 aliphatic carbocycles. The lowest BCUT2D eigenvalue weighted by atomic mass is 10.2. The number of nitrogens with zero attached hydrogens (tertiary/aromatic N) is 3. The first-order valence-corrected chi connectivity index (χ1v) is 5.56. The second-order valence-electron chi connectivity index (χ2n) is 3.77. The van der Waals surface area contributed by atoms with Crippen LogP contribution in [0, 0.1) is 10.1 Å².